The van der Waals surface area contributed by atoms with E-state index in [0.29, 0.717) is 23.3 Å². The van der Waals surface area contributed by atoms with Crippen molar-refractivity contribution in [3.63, 3.8) is 0 Å². The molecule has 0 aliphatic carbocycles. The third-order valence-electron chi connectivity index (χ3n) is 6.13. The topological polar surface area (TPSA) is 62.1 Å². The first-order valence-corrected chi connectivity index (χ1v) is 10.9. The first-order valence-electron chi connectivity index (χ1n) is 10.9. The number of hydrogen-bond donors (Lipinski definition) is 1. The number of methoxy groups -OCH3 is 1. The Morgan fingerprint density at radius 2 is 1.70 bits per heavy atom. The minimum absolute atomic E-state index is 0.175. The SMILES string of the molecule is COc1ccc(C2CC(c3ccc4ccccc4c3O)=NN2C(=O)c2ccc(C)cc2)cc1. The zero-order valence-corrected chi connectivity index (χ0v) is 18.5. The van der Waals surface area contributed by atoms with Gasteiger partial charge in [0.15, 0.2) is 0 Å². The fourth-order valence-corrected chi connectivity index (χ4v) is 4.26. The molecule has 5 nitrogen and oxygen atoms in total. The average Bonchev–Trinajstić information content (AvgIpc) is 3.29. The van der Waals surface area contributed by atoms with Crippen LogP contribution in [0, 0.1) is 6.92 Å². The zero-order chi connectivity index (χ0) is 22.9. The van der Waals surface area contributed by atoms with Crippen molar-refractivity contribution in [2.24, 2.45) is 5.10 Å². The lowest BCUT2D eigenvalue weighted by Gasteiger charge is -2.22. The molecule has 0 fully saturated rings. The summed E-state index contributed by atoms with van der Waals surface area (Å²) in [6.07, 6.45) is 0.496. The molecule has 1 amide bonds. The minimum Gasteiger partial charge on any atom is -0.507 e. The number of ether oxygens (including phenoxy) is 1. The maximum absolute atomic E-state index is 13.5. The van der Waals surface area contributed by atoms with Gasteiger partial charge in [-0.1, -0.05) is 60.2 Å². The molecule has 5 rings (SSSR count). The predicted octanol–water partition coefficient (Wildman–Crippen LogP) is 5.85. The molecule has 4 aromatic carbocycles. The van der Waals surface area contributed by atoms with Gasteiger partial charge in [0.1, 0.15) is 11.5 Å². The van der Waals surface area contributed by atoms with Crippen LogP contribution in [0.1, 0.15) is 39.5 Å². The van der Waals surface area contributed by atoms with Crippen molar-refractivity contribution < 1.29 is 14.6 Å². The number of carbonyl (C=O) groups is 1. The highest BCUT2D eigenvalue weighted by Gasteiger charge is 2.34. The summed E-state index contributed by atoms with van der Waals surface area (Å²) in [4.78, 5) is 13.5. The molecule has 0 radical (unpaired) electrons. The first-order chi connectivity index (χ1) is 16.0. The second-order valence-electron chi connectivity index (χ2n) is 8.24. The van der Waals surface area contributed by atoms with Crippen LogP contribution in [-0.2, 0) is 0 Å². The summed E-state index contributed by atoms with van der Waals surface area (Å²) >= 11 is 0. The molecule has 33 heavy (non-hydrogen) atoms. The Balaban J connectivity index is 1.58. The van der Waals surface area contributed by atoms with Gasteiger partial charge in [-0.15, -0.1) is 0 Å². The van der Waals surface area contributed by atoms with Crippen molar-refractivity contribution in [1.29, 1.82) is 0 Å². The standard InChI is InChI=1S/C28H24N2O3/c1-18-7-9-21(10-8-18)28(32)30-26(20-11-14-22(33-2)15-12-20)17-25(29-30)24-16-13-19-5-3-4-6-23(19)27(24)31/h3-16,26,31H,17H2,1-2H3. The van der Waals surface area contributed by atoms with Gasteiger partial charge in [0.25, 0.3) is 5.91 Å². The van der Waals surface area contributed by atoms with Crippen LogP contribution in [-0.4, -0.2) is 28.8 Å². The van der Waals surface area contributed by atoms with Crippen LogP contribution in [0.15, 0.2) is 90.0 Å². The van der Waals surface area contributed by atoms with E-state index < -0.39 is 0 Å². The van der Waals surface area contributed by atoms with Crippen molar-refractivity contribution in [3.8, 4) is 11.5 Å². The smallest absolute Gasteiger partial charge is 0.274 e. The Kier molecular flexibility index (Phi) is 5.31. The van der Waals surface area contributed by atoms with Gasteiger partial charge in [-0.25, -0.2) is 5.01 Å². The average molecular weight is 437 g/mol. The lowest BCUT2D eigenvalue weighted by atomic mass is 9.95. The molecule has 5 heteroatoms. The van der Waals surface area contributed by atoms with E-state index in [0.717, 1.165) is 27.6 Å². The Morgan fingerprint density at radius 1 is 0.970 bits per heavy atom. The molecule has 0 saturated carbocycles. The third-order valence-corrected chi connectivity index (χ3v) is 6.13. The zero-order valence-electron chi connectivity index (χ0n) is 18.5. The quantitative estimate of drug-likeness (QED) is 0.436. The van der Waals surface area contributed by atoms with Crippen molar-refractivity contribution in [3.05, 3.63) is 107 Å². The molecule has 164 valence electrons. The number of aromatic hydroxyl groups is 1. The first kappa shape index (κ1) is 20.8. The van der Waals surface area contributed by atoms with E-state index in [-0.39, 0.29) is 17.7 Å². The molecular weight excluding hydrogens is 412 g/mol. The lowest BCUT2D eigenvalue weighted by molar-refractivity contribution is 0.0711. The van der Waals surface area contributed by atoms with Crippen LogP contribution >= 0.6 is 0 Å². The lowest BCUT2D eigenvalue weighted by Crippen LogP contribution is -2.27. The number of phenolic OH excluding ortho intramolecular Hbond substituents is 1. The van der Waals surface area contributed by atoms with E-state index in [1.165, 1.54) is 5.01 Å². The van der Waals surface area contributed by atoms with Gasteiger partial charge in [-0.3, -0.25) is 4.79 Å². The monoisotopic (exact) mass is 436 g/mol. The summed E-state index contributed by atoms with van der Waals surface area (Å²) in [5.41, 5.74) is 3.94. The molecule has 0 saturated heterocycles. The van der Waals surface area contributed by atoms with Crippen LogP contribution in [0.3, 0.4) is 0 Å². The number of carbonyl (C=O) groups excluding carboxylic acids is 1. The van der Waals surface area contributed by atoms with Gasteiger partial charge in [0.2, 0.25) is 0 Å². The fourth-order valence-electron chi connectivity index (χ4n) is 4.26. The number of hydrazone groups is 1. The largest absolute Gasteiger partial charge is 0.507 e. The maximum Gasteiger partial charge on any atom is 0.274 e. The number of amides is 1. The van der Waals surface area contributed by atoms with E-state index in [1.807, 2.05) is 91.9 Å². The second-order valence-corrected chi connectivity index (χ2v) is 8.24. The van der Waals surface area contributed by atoms with Crippen LogP contribution < -0.4 is 4.74 Å². The summed E-state index contributed by atoms with van der Waals surface area (Å²) in [5.74, 6) is 0.762. The molecule has 0 bridgehead atoms. The molecule has 1 atom stereocenters. The fraction of sp³-hybridized carbons (Fsp3) is 0.143. The maximum atomic E-state index is 13.5. The summed E-state index contributed by atoms with van der Waals surface area (Å²) in [6, 6.07) is 26.4. The molecule has 1 N–H and O–H groups in total. The van der Waals surface area contributed by atoms with Crippen LogP contribution in [0.2, 0.25) is 0 Å². The Labute approximate surface area is 192 Å². The molecule has 1 aliphatic rings. The number of rotatable bonds is 4. The van der Waals surface area contributed by atoms with E-state index in [1.54, 1.807) is 7.11 Å². The Bertz CT molecular complexity index is 1360. The summed E-state index contributed by atoms with van der Waals surface area (Å²) in [6.45, 7) is 1.99. The van der Waals surface area contributed by atoms with Gasteiger partial charge in [0, 0.05) is 22.9 Å². The van der Waals surface area contributed by atoms with Gasteiger partial charge in [-0.05, 0) is 48.2 Å². The van der Waals surface area contributed by atoms with Crippen LogP contribution in [0.5, 0.6) is 11.5 Å². The number of phenols is 1. The number of aryl methyl sites for hydroxylation is 1. The van der Waals surface area contributed by atoms with Crippen LogP contribution in [0.4, 0.5) is 0 Å². The highest BCUT2D eigenvalue weighted by Crippen LogP contribution is 2.38. The van der Waals surface area contributed by atoms with E-state index in [4.69, 9.17) is 9.84 Å². The number of hydrogen-bond acceptors (Lipinski definition) is 4. The number of fused-ring (bicyclic) bond motifs is 1. The van der Waals surface area contributed by atoms with Gasteiger partial charge >= 0.3 is 0 Å². The van der Waals surface area contributed by atoms with Gasteiger partial charge in [0.05, 0.1) is 18.9 Å². The number of benzene rings is 4. The molecular formula is C28H24N2O3. The van der Waals surface area contributed by atoms with Gasteiger partial charge in [-0.2, -0.15) is 5.10 Å². The number of nitrogens with zero attached hydrogens (tertiary/aromatic N) is 2. The Morgan fingerprint density at radius 3 is 2.42 bits per heavy atom. The van der Waals surface area contributed by atoms with Crippen molar-refractivity contribution in [1.82, 2.24) is 5.01 Å². The van der Waals surface area contributed by atoms with E-state index in [9.17, 15) is 9.90 Å². The highest BCUT2D eigenvalue weighted by molar-refractivity contribution is 6.10. The normalized spacial score (nSPS) is 15.5. The predicted molar refractivity (Wildman–Crippen MR) is 130 cm³/mol. The third kappa shape index (κ3) is 3.82. The van der Waals surface area contributed by atoms with Crippen molar-refractivity contribution >= 4 is 22.4 Å². The molecule has 4 aromatic rings. The minimum atomic E-state index is -0.287. The second kappa shape index (κ2) is 8.43. The van der Waals surface area contributed by atoms with Crippen LogP contribution in [0.25, 0.3) is 10.8 Å². The van der Waals surface area contributed by atoms with Gasteiger partial charge < -0.3 is 9.84 Å². The molecule has 1 unspecified atom stereocenters. The molecule has 0 spiro atoms. The summed E-state index contributed by atoms with van der Waals surface area (Å²) in [7, 11) is 1.63. The molecule has 1 aliphatic heterocycles. The van der Waals surface area contributed by atoms with E-state index >= 15 is 0 Å². The molecule has 1 heterocycles. The summed E-state index contributed by atoms with van der Waals surface area (Å²) in [5, 5.41) is 19.0. The van der Waals surface area contributed by atoms with Crippen molar-refractivity contribution in [2.45, 2.75) is 19.4 Å². The van der Waals surface area contributed by atoms with Crippen molar-refractivity contribution in [2.75, 3.05) is 7.11 Å². The van der Waals surface area contributed by atoms with E-state index in [2.05, 4.69) is 0 Å². The Hall–Kier alpha value is -4.12. The highest BCUT2D eigenvalue weighted by atomic mass is 16.5. The summed E-state index contributed by atoms with van der Waals surface area (Å²) < 4.78 is 5.29. The molecule has 0 aromatic heterocycles.